The Balaban J connectivity index is 0.000000469. The van der Waals surface area contributed by atoms with Crippen LogP contribution in [0.25, 0.3) is 11.1 Å². The van der Waals surface area contributed by atoms with E-state index in [0.717, 1.165) is 11.6 Å². The Labute approximate surface area is 198 Å². The molecule has 3 aromatic carbocycles. The number of halogens is 2. The number of benzene rings is 3. The van der Waals surface area contributed by atoms with Gasteiger partial charge in [-0.1, -0.05) is 60.7 Å². The van der Waals surface area contributed by atoms with Crippen molar-refractivity contribution in [2.24, 2.45) is 5.73 Å². The largest absolute Gasteiger partial charge is 0.446 e. The highest BCUT2D eigenvalue weighted by Crippen LogP contribution is 2.29. The Hall–Kier alpha value is -3.74. The zero-order valence-electron chi connectivity index (χ0n) is 19.0. The predicted molar refractivity (Wildman–Crippen MR) is 127 cm³/mol. The lowest BCUT2D eigenvalue weighted by Crippen LogP contribution is -2.43. The Morgan fingerprint density at radius 3 is 2.21 bits per heavy atom. The van der Waals surface area contributed by atoms with Crippen LogP contribution in [0.1, 0.15) is 37.8 Å². The van der Waals surface area contributed by atoms with Gasteiger partial charge in [-0.15, -0.1) is 0 Å². The Bertz CT molecular complexity index is 1060. The second kappa shape index (κ2) is 11.9. The maximum Gasteiger partial charge on any atom is 0.410 e. The van der Waals surface area contributed by atoms with Crippen LogP contribution in [0.5, 0.6) is 0 Å². The van der Waals surface area contributed by atoms with Gasteiger partial charge in [-0.3, -0.25) is 4.79 Å². The molecule has 34 heavy (non-hydrogen) atoms. The van der Waals surface area contributed by atoms with E-state index in [0.29, 0.717) is 30.5 Å². The molecule has 2 N–H and O–H groups in total. The number of nitrogens with two attached hydrogens (primary N) is 1. The first-order chi connectivity index (χ1) is 16.3. The molecule has 1 aliphatic heterocycles. The number of carbonyl (C=O) groups excluding carboxylic acids is 2. The van der Waals surface area contributed by atoms with Crippen molar-refractivity contribution in [3.63, 3.8) is 0 Å². The third-order valence-electron chi connectivity index (χ3n) is 5.68. The first kappa shape index (κ1) is 24.9. The summed E-state index contributed by atoms with van der Waals surface area (Å²) in [7, 11) is 0. The minimum Gasteiger partial charge on any atom is -0.446 e. The summed E-state index contributed by atoms with van der Waals surface area (Å²) in [5, 5.41) is 0. The monoisotopic (exact) mass is 466 g/mol. The summed E-state index contributed by atoms with van der Waals surface area (Å²) in [5.41, 5.74) is 6.95. The van der Waals surface area contributed by atoms with Crippen molar-refractivity contribution in [1.82, 2.24) is 4.90 Å². The average Bonchev–Trinajstić information content (AvgIpc) is 2.84. The molecule has 2 unspecified atom stereocenters. The second-order valence-electron chi connectivity index (χ2n) is 8.07. The number of hydrogen-bond acceptors (Lipinski definition) is 3. The topological polar surface area (TPSA) is 72.6 Å². The fourth-order valence-corrected chi connectivity index (χ4v) is 3.73. The van der Waals surface area contributed by atoms with Crippen LogP contribution in [0.2, 0.25) is 0 Å². The third-order valence-corrected chi connectivity index (χ3v) is 5.68. The number of ether oxygens (including phenoxy) is 1. The van der Waals surface area contributed by atoms with E-state index >= 15 is 0 Å². The highest BCUT2D eigenvalue weighted by molar-refractivity contribution is 5.74. The molecule has 1 fully saturated rings. The Morgan fingerprint density at radius 1 is 1.06 bits per heavy atom. The lowest BCUT2D eigenvalue weighted by molar-refractivity contribution is -0.118. The summed E-state index contributed by atoms with van der Waals surface area (Å²) in [5.74, 6) is -1.66. The van der Waals surface area contributed by atoms with E-state index in [1.165, 1.54) is 12.1 Å². The van der Waals surface area contributed by atoms with Crippen LogP contribution >= 0.6 is 0 Å². The van der Waals surface area contributed by atoms with Crippen LogP contribution in [-0.2, 0) is 9.53 Å². The number of amides is 2. The van der Waals surface area contributed by atoms with Crippen molar-refractivity contribution >= 4 is 12.0 Å². The first-order valence-electron chi connectivity index (χ1n) is 11.2. The van der Waals surface area contributed by atoms with Gasteiger partial charge in [0.05, 0.1) is 6.04 Å². The lowest BCUT2D eigenvalue weighted by atomic mass is 9.99. The molecule has 3 aromatic rings. The number of nitrogens with zero attached hydrogens (tertiary/aromatic N) is 1. The number of rotatable bonds is 6. The summed E-state index contributed by atoms with van der Waals surface area (Å²) >= 11 is 0. The van der Waals surface area contributed by atoms with E-state index in [-0.39, 0.29) is 18.6 Å². The molecule has 1 heterocycles. The van der Waals surface area contributed by atoms with Gasteiger partial charge >= 0.3 is 6.09 Å². The van der Waals surface area contributed by atoms with Crippen LogP contribution in [0.4, 0.5) is 13.6 Å². The van der Waals surface area contributed by atoms with Gasteiger partial charge in [0.2, 0.25) is 5.91 Å². The van der Waals surface area contributed by atoms with Gasteiger partial charge in [-0.2, -0.15) is 0 Å². The lowest BCUT2D eigenvalue weighted by Gasteiger charge is -2.35. The molecule has 0 aromatic heterocycles. The van der Waals surface area contributed by atoms with Gasteiger partial charge in [-0.05, 0) is 36.6 Å². The number of cyclic esters (lactones) is 1. The average molecular weight is 467 g/mol. The van der Waals surface area contributed by atoms with Crippen molar-refractivity contribution in [1.29, 1.82) is 0 Å². The molecule has 7 heteroatoms. The second-order valence-corrected chi connectivity index (χ2v) is 8.07. The molecule has 4 rings (SSSR count). The molecular formula is C27H28F2N2O3. The molecule has 0 saturated carbocycles. The normalized spacial score (nSPS) is 16.1. The molecule has 2 atom stereocenters. The molecule has 0 aliphatic carbocycles. The SMILES string of the molecule is CC(c1ccc(-c2ccc(F)cc2F)cc1)N1CCC(CCC(N)=O)OC1=O.c1ccccc1. The highest BCUT2D eigenvalue weighted by Gasteiger charge is 2.31. The quantitative estimate of drug-likeness (QED) is 0.495. The van der Waals surface area contributed by atoms with E-state index < -0.39 is 23.6 Å². The molecule has 2 amide bonds. The van der Waals surface area contributed by atoms with E-state index in [4.69, 9.17) is 10.5 Å². The van der Waals surface area contributed by atoms with Crippen molar-refractivity contribution < 1.29 is 23.1 Å². The predicted octanol–water partition coefficient (Wildman–Crippen LogP) is 5.86. The van der Waals surface area contributed by atoms with Gasteiger partial charge in [-0.25, -0.2) is 13.6 Å². The smallest absolute Gasteiger partial charge is 0.410 e. The van der Waals surface area contributed by atoms with Crippen molar-refractivity contribution in [3.8, 4) is 11.1 Å². The maximum atomic E-state index is 13.9. The van der Waals surface area contributed by atoms with Gasteiger partial charge in [0.15, 0.2) is 0 Å². The van der Waals surface area contributed by atoms with Crippen LogP contribution in [0.3, 0.4) is 0 Å². The summed E-state index contributed by atoms with van der Waals surface area (Å²) in [4.78, 5) is 24.8. The standard InChI is InChI=1S/C21H22F2N2O3.C6H6/c1-13(25-11-10-17(28-21(25)27)7-9-20(24)26)14-2-4-15(5-3-14)18-8-6-16(22)12-19(18)23;1-2-4-6-5-3-1/h2-6,8,12-13,17H,7,9-11H2,1H3,(H2,24,26);1-6H. The van der Waals surface area contributed by atoms with Gasteiger partial charge < -0.3 is 15.4 Å². The highest BCUT2D eigenvalue weighted by atomic mass is 19.1. The van der Waals surface area contributed by atoms with Crippen LogP contribution in [0.15, 0.2) is 78.9 Å². The fraction of sp³-hybridized carbons (Fsp3) is 0.259. The van der Waals surface area contributed by atoms with Crippen LogP contribution < -0.4 is 5.73 Å². The number of hydrogen-bond donors (Lipinski definition) is 1. The van der Waals surface area contributed by atoms with Gasteiger partial charge in [0.1, 0.15) is 17.7 Å². The van der Waals surface area contributed by atoms with Crippen LogP contribution in [0, 0.1) is 11.6 Å². The maximum absolute atomic E-state index is 13.9. The third kappa shape index (κ3) is 6.88. The fourth-order valence-electron chi connectivity index (χ4n) is 3.73. The van der Waals surface area contributed by atoms with Crippen molar-refractivity contribution in [3.05, 3.63) is 96.1 Å². The first-order valence-corrected chi connectivity index (χ1v) is 11.2. The summed E-state index contributed by atoms with van der Waals surface area (Å²) in [6, 6.07) is 22.4. The van der Waals surface area contributed by atoms with E-state index in [2.05, 4.69) is 0 Å². The Morgan fingerprint density at radius 2 is 1.68 bits per heavy atom. The summed E-state index contributed by atoms with van der Waals surface area (Å²) in [6.45, 7) is 2.40. The zero-order chi connectivity index (χ0) is 24.5. The summed E-state index contributed by atoms with van der Waals surface area (Å²) in [6.07, 6.45) is 0.521. The molecule has 0 spiro atoms. The van der Waals surface area contributed by atoms with Gasteiger partial charge in [0.25, 0.3) is 0 Å². The minimum atomic E-state index is -0.623. The zero-order valence-corrected chi connectivity index (χ0v) is 19.0. The number of primary amides is 1. The van der Waals surface area contributed by atoms with Crippen LogP contribution in [-0.4, -0.2) is 29.5 Å². The summed E-state index contributed by atoms with van der Waals surface area (Å²) < 4.78 is 32.4. The molecule has 178 valence electrons. The van der Waals surface area contributed by atoms with E-state index in [9.17, 15) is 18.4 Å². The Kier molecular flexibility index (Phi) is 8.73. The minimum absolute atomic E-state index is 0.189. The van der Waals surface area contributed by atoms with Crippen molar-refractivity contribution in [2.75, 3.05) is 6.54 Å². The number of carbonyl (C=O) groups is 2. The van der Waals surface area contributed by atoms with Crippen molar-refractivity contribution in [2.45, 2.75) is 38.3 Å². The molecule has 0 radical (unpaired) electrons. The van der Waals surface area contributed by atoms with E-state index in [1.54, 1.807) is 17.0 Å². The van der Waals surface area contributed by atoms with E-state index in [1.807, 2.05) is 55.5 Å². The molecular weight excluding hydrogens is 438 g/mol. The molecule has 1 saturated heterocycles. The molecule has 1 aliphatic rings. The molecule has 5 nitrogen and oxygen atoms in total. The molecule has 0 bridgehead atoms. The van der Waals surface area contributed by atoms with Gasteiger partial charge in [0, 0.05) is 31.0 Å².